The van der Waals surface area contributed by atoms with Gasteiger partial charge >= 0.3 is 0 Å². The molecule has 1 atom stereocenters. The van der Waals surface area contributed by atoms with E-state index in [1.165, 1.54) is 11.9 Å². The molecular weight excluding hydrogens is 443 g/mol. The highest BCUT2D eigenvalue weighted by atomic mass is 35.5. The van der Waals surface area contributed by atoms with Crippen molar-refractivity contribution >= 4 is 41.0 Å². The third kappa shape index (κ3) is 5.54. The summed E-state index contributed by atoms with van der Waals surface area (Å²) >= 11 is 12.7. The number of hydrogen-bond acceptors (Lipinski definition) is 4. The SMILES string of the molecule is CNCc1cc(N(N=Cc2ccccc2)C(C)=O)cc(Cl)c1C(C#N)c1ccc(Cl)cc1. The number of carbonyl (C=O) groups excluding carboxylic acids is 1. The van der Waals surface area contributed by atoms with Crippen LogP contribution in [0.25, 0.3) is 0 Å². The molecule has 1 N–H and O–H groups in total. The van der Waals surface area contributed by atoms with Crippen molar-refractivity contribution in [2.75, 3.05) is 12.1 Å². The molecule has 0 spiro atoms. The molecule has 0 saturated carbocycles. The maximum Gasteiger partial charge on any atom is 0.244 e. The van der Waals surface area contributed by atoms with Crippen molar-refractivity contribution in [1.82, 2.24) is 5.32 Å². The molecule has 32 heavy (non-hydrogen) atoms. The summed E-state index contributed by atoms with van der Waals surface area (Å²) < 4.78 is 0. The number of amides is 1. The average Bonchev–Trinajstić information content (AvgIpc) is 2.78. The first-order valence-corrected chi connectivity index (χ1v) is 10.7. The molecule has 3 aromatic carbocycles. The maximum absolute atomic E-state index is 12.4. The Bertz CT molecular complexity index is 1160. The van der Waals surface area contributed by atoms with Crippen LogP contribution >= 0.6 is 23.2 Å². The number of anilines is 1. The van der Waals surface area contributed by atoms with Gasteiger partial charge in [0.05, 0.1) is 23.9 Å². The fourth-order valence-electron chi connectivity index (χ4n) is 3.40. The summed E-state index contributed by atoms with van der Waals surface area (Å²) in [6.07, 6.45) is 1.62. The predicted octanol–water partition coefficient (Wildman–Crippen LogP) is 5.76. The van der Waals surface area contributed by atoms with Gasteiger partial charge in [-0.15, -0.1) is 0 Å². The highest BCUT2D eigenvalue weighted by Crippen LogP contribution is 2.36. The quantitative estimate of drug-likeness (QED) is 0.357. The molecule has 5 nitrogen and oxygen atoms in total. The van der Waals surface area contributed by atoms with Gasteiger partial charge in [0.25, 0.3) is 0 Å². The number of hydrogen-bond donors (Lipinski definition) is 1. The van der Waals surface area contributed by atoms with E-state index in [4.69, 9.17) is 23.2 Å². The minimum atomic E-state index is -0.587. The van der Waals surface area contributed by atoms with Crippen LogP contribution in [0.15, 0.2) is 71.8 Å². The number of nitriles is 1. The lowest BCUT2D eigenvalue weighted by molar-refractivity contribution is -0.116. The second-order valence-corrected chi connectivity index (χ2v) is 7.97. The first-order chi connectivity index (χ1) is 15.4. The number of rotatable bonds is 7. The van der Waals surface area contributed by atoms with Crippen LogP contribution in [-0.4, -0.2) is 19.2 Å². The van der Waals surface area contributed by atoms with Gasteiger partial charge in [0, 0.05) is 23.5 Å². The Kier molecular flexibility index (Phi) is 8.02. The normalized spacial score (nSPS) is 11.8. The highest BCUT2D eigenvalue weighted by molar-refractivity contribution is 6.32. The first kappa shape index (κ1) is 23.5. The summed E-state index contributed by atoms with van der Waals surface area (Å²) in [4.78, 5) is 12.4. The molecule has 1 unspecified atom stereocenters. The van der Waals surface area contributed by atoms with Crippen LogP contribution < -0.4 is 10.3 Å². The van der Waals surface area contributed by atoms with Crippen molar-refractivity contribution in [3.63, 3.8) is 0 Å². The summed E-state index contributed by atoms with van der Waals surface area (Å²) in [5.74, 6) is -0.846. The lowest BCUT2D eigenvalue weighted by atomic mass is 9.88. The second-order valence-electron chi connectivity index (χ2n) is 7.13. The summed E-state index contributed by atoms with van der Waals surface area (Å²) in [5.41, 5.74) is 3.66. The minimum Gasteiger partial charge on any atom is -0.316 e. The van der Waals surface area contributed by atoms with Gasteiger partial charge in [-0.25, -0.2) is 5.01 Å². The Hall–Kier alpha value is -3.17. The van der Waals surface area contributed by atoms with Crippen molar-refractivity contribution in [1.29, 1.82) is 5.26 Å². The monoisotopic (exact) mass is 464 g/mol. The maximum atomic E-state index is 12.4. The van der Waals surface area contributed by atoms with Gasteiger partial charge in [-0.3, -0.25) is 4.79 Å². The van der Waals surface area contributed by atoms with E-state index in [2.05, 4.69) is 16.5 Å². The van der Waals surface area contributed by atoms with Crippen LogP contribution in [-0.2, 0) is 11.3 Å². The van der Waals surface area contributed by atoms with E-state index in [1.807, 2.05) is 55.6 Å². The van der Waals surface area contributed by atoms with Crippen molar-refractivity contribution in [2.45, 2.75) is 19.4 Å². The number of nitrogens with zero attached hydrogens (tertiary/aromatic N) is 3. The average molecular weight is 465 g/mol. The van der Waals surface area contributed by atoms with Crippen LogP contribution in [0.4, 0.5) is 5.69 Å². The van der Waals surface area contributed by atoms with E-state index < -0.39 is 5.92 Å². The summed E-state index contributed by atoms with van der Waals surface area (Å²) in [5, 5.41) is 19.7. The molecule has 0 aliphatic rings. The Labute approximate surface area is 197 Å². The highest BCUT2D eigenvalue weighted by Gasteiger charge is 2.23. The third-order valence-electron chi connectivity index (χ3n) is 4.85. The zero-order valence-electron chi connectivity index (χ0n) is 17.7. The molecule has 3 rings (SSSR count). The Morgan fingerprint density at radius 3 is 2.44 bits per heavy atom. The molecule has 0 heterocycles. The van der Waals surface area contributed by atoms with Gasteiger partial charge < -0.3 is 5.32 Å². The molecule has 162 valence electrons. The Morgan fingerprint density at radius 1 is 1.16 bits per heavy atom. The predicted molar refractivity (Wildman–Crippen MR) is 130 cm³/mol. The van der Waals surface area contributed by atoms with E-state index in [9.17, 15) is 10.1 Å². The van der Waals surface area contributed by atoms with Gasteiger partial charge in [-0.05, 0) is 53.6 Å². The van der Waals surface area contributed by atoms with Crippen LogP contribution in [0.1, 0.15) is 35.1 Å². The Morgan fingerprint density at radius 2 is 1.84 bits per heavy atom. The minimum absolute atomic E-state index is 0.258. The second kappa shape index (κ2) is 10.9. The first-order valence-electron chi connectivity index (χ1n) is 9.96. The van der Waals surface area contributed by atoms with Gasteiger partial charge in [-0.1, -0.05) is 65.7 Å². The van der Waals surface area contributed by atoms with Gasteiger partial charge in [0.15, 0.2) is 0 Å². The van der Waals surface area contributed by atoms with E-state index in [0.717, 1.165) is 16.7 Å². The number of nitrogens with one attached hydrogen (secondary N) is 1. The van der Waals surface area contributed by atoms with Gasteiger partial charge in [-0.2, -0.15) is 10.4 Å². The molecule has 0 bridgehead atoms. The zero-order chi connectivity index (χ0) is 23.1. The fourth-order valence-corrected chi connectivity index (χ4v) is 3.86. The van der Waals surface area contributed by atoms with Crippen molar-refractivity contribution in [2.24, 2.45) is 5.10 Å². The molecule has 3 aromatic rings. The Balaban J connectivity index is 2.07. The molecule has 0 aliphatic carbocycles. The van der Waals surface area contributed by atoms with Crippen LogP contribution in [0, 0.1) is 11.3 Å². The van der Waals surface area contributed by atoms with E-state index in [0.29, 0.717) is 27.8 Å². The standard InChI is InChI=1S/C25H22Cl2N4O/c1-17(32)31(30-15-18-6-4-3-5-7-18)22-12-20(16-29-2)25(24(27)13-22)23(14-28)19-8-10-21(26)11-9-19/h3-13,15,23,29H,16H2,1-2H3. The van der Waals surface area contributed by atoms with E-state index in [-0.39, 0.29) is 5.91 Å². The smallest absolute Gasteiger partial charge is 0.244 e. The van der Waals surface area contributed by atoms with Crippen molar-refractivity contribution < 1.29 is 4.79 Å². The topological polar surface area (TPSA) is 68.5 Å². The molecule has 1 amide bonds. The summed E-state index contributed by atoms with van der Waals surface area (Å²) in [7, 11) is 1.81. The molecule has 0 fully saturated rings. The zero-order valence-corrected chi connectivity index (χ0v) is 19.2. The van der Waals surface area contributed by atoms with Crippen molar-refractivity contribution in [3.05, 3.63) is 99.0 Å². The fraction of sp³-hybridized carbons (Fsp3) is 0.160. The number of halogens is 2. The lowest BCUT2D eigenvalue weighted by Crippen LogP contribution is -2.23. The lowest BCUT2D eigenvalue weighted by Gasteiger charge is -2.22. The third-order valence-corrected chi connectivity index (χ3v) is 5.42. The van der Waals surface area contributed by atoms with Gasteiger partial charge in [0.1, 0.15) is 0 Å². The van der Waals surface area contributed by atoms with Crippen LogP contribution in [0.5, 0.6) is 0 Å². The van der Waals surface area contributed by atoms with Gasteiger partial charge in [0.2, 0.25) is 5.91 Å². The molecule has 7 heteroatoms. The van der Waals surface area contributed by atoms with Crippen LogP contribution in [0.2, 0.25) is 10.0 Å². The summed E-state index contributed by atoms with van der Waals surface area (Å²) in [6, 6.07) is 22.5. The molecule has 0 aliphatic heterocycles. The largest absolute Gasteiger partial charge is 0.316 e. The van der Waals surface area contributed by atoms with E-state index in [1.54, 1.807) is 24.4 Å². The van der Waals surface area contributed by atoms with E-state index >= 15 is 0 Å². The number of hydrazone groups is 1. The molecular formula is C25H22Cl2N4O. The van der Waals surface area contributed by atoms with Crippen LogP contribution in [0.3, 0.4) is 0 Å². The summed E-state index contributed by atoms with van der Waals surface area (Å²) in [6.45, 7) is 1.90. The molecule has 0 radical (unpaired) electrons. The van der Waals surface area contributed by atoms with Crippen molar-refractivity contribution in [3.8, 4) is 6.07 Å². The molecule has 0 aromatic heterocycles. The number of benzene rings is 3. The number of carbonyl (C=O) groups is 1. The molecule has 0 saturated heterocycles.